The quantitative estimate of drug-likeness (QED) is 0.622. The number of piperazine rings is 1. The molecule has 25 heavy (non-hydrogen) atoms. The number of aryl methyl sites for hydroxylation is 2. The van der Waals surface area contributed by atoms with Gasteiger partial charge >= 0.3 is 0 Å². The Bertz CT molecular complexity index is 762. The van der Waals surface area contributed by atoms with Gasteiger partial charge in [-0.1, -0.05) is 0 Å². The highest BCUT2D eigenvalue weighted by atomic mass is 16.2. The first-order valence-electron chi connectivity index (χ1n) is 8.37. The van der Waals surface area contributed by atoms with Crippen LogP contribution in [0.15, 0.2) is 29.8 Å². The summed E-state index contributed by atoms with van der Waals surface area (Å²) >= 11 is 0. The fraction of sp³-hybridized carbons (Fsp3) is 0.500. The molecule has 0 atom stereocenters. The highest BCUT2D eigenvalue weighted by Gasteiger charge is 2.27. The van der Waals surface area contributed by atoms with Crippen LogP contribution in [0.4, 0.5) is 5.69 Å². The molecular weight excluding hydrogens is 320 g/mol. The largest absolute Gasteiger partial charge is 0.356 e. The molecule has 9 nitrogen and oxygen atoms in total. The number of anilines is 1. The van der Waals surface area contributed by atoms with Gasteiger partial charge < -0.3 is 19.7 Å². The van der Waals surface area contributed by atoms with Crippen LogP contribution in [0, 0.1) is 0 Å². The molecule has 0 unspecified atom stereocenters. The van der Waals surface area contributed by atoms with Crippen LogP contribution in [0.25, 0.3) is 0 Å². The highest BCUT2D eigenvalue weighted by molar-refractivity contribution is 5.98. The van der Waals surface area contributed by atoms with E-state index in [9.17, 15) is 4.79 Å². The van der Waals surface area contributed by atoms with Crippen molar-refractivity contribution in [1.82, 2.24) is 29.5 Å². The number of guanidine groups is 1. The number of carbonyl (C=O) groups is 1. The first-order chi connectivity index (χ1) is 12.1. The maximum absolute atomic E-state index is 12.6. The zero-order valence-corrected chi connectivity index (χ0v) is 14.9. The molecule has 2 aromatic heterocycles. The predicted molar refractivity (Wildman–Crippen MR) is 95.2 cm³/mol. The number of hydrogen-bond acceptors (Lipinski definition) is 4. The molecule has 0 bridgehead atoms. The van der Waals surface area contributed by atoms with Gasteiger partial charge in [-0.15, -0.1) is 0 Å². The molecule has 0 spiro atoms. The second-order valence-electron chi connectivity index (χ2n) is 5.96. The fourth-order valence-corrected chi connectivity index (χ4v) is 2.79. The van der Waals surface area contributed by atoms with Crippen molar-refractivity contribution in [2.45, 2.75) is 13.5 Å². The lowest BCUT2D eigenvalue weighted by Gasteiger charge is -2.35. The zero-order chi connectivity index (χ0) is 17.8. The van der Waals surface area contributed by atoms with Gasteiger partial charge in [0, 0.05) is 52.3 Å². The van der Waals surface area contributed by atoms with Gasteiger partial charge in [-0.05, 0) is 6.92 Å². The topological polar surface area (TPSA) is 83.6 Å². The van der Waals surface area contributed by atoms with E-state index in [1.54, 1.807) is 22.0 Å². The van der Waals surface area contributed by atoms with E-state index < -0.39 is 0 Å². The molecule has 3 rings (SSSR count). The van der Waals surface area contributed by atoms with Crippen molar-refractivity contribution in [3.05, 3.63) is 30.6 Å². The molecule has 2 aromatic rings. The number of carbonyl (C=O) groups excluding carboxylic acids is 1. The Morgan fingerprint density at radius 2 is 2.20 bits per heavy atom. The monoisotopic (exact) mass is 344 g/mol. The number of rotatable bonds is 4. The van der Waals surface area contributed by atoms with Crippen molar-refractivity contribution in [2.75, 3.05) is 31.1 Å². The third-order valence-electron chi connectivity index (χ3n) is 4.15. The molecule has 9 heteroatoms. The SMILES string of the molecule is CCNC(=NCc1nccn1C)N1CCN(c2cnn(C)c2)C(=O)C1. The van der Waals surface area contributed by atoms with E-state index in [2.05, 4.69) is 20.4 Å². The molecular formula is C16H24N8O. The van der Waals surface area contributed by atoms with Crippen LogP contribution in [0.2, 0.25) is 0 Å². The van der Waals surface area contributed by atoms with Crippen molar-refractivity contribution < 1.29 is 4.79 Å². The Balaban J connectivity index is 1.69. The summed E-state index contributed by atoms with van der Waals surface area (Å²) in [6.07, 6.45) is 7.23. The fourth-order valence-electron chi connectivity index (χ4n) is 2.79. The molecule has 0 radical (unpaired) electrons. The van der Waals surface area contributed by atoms with Gasteiger partial charge in [-0.2, -0.15) is 5.10 Å². The maximum atomic E-state index is 12.6. The van der Waals surface area contributed by atoms with E-state index in [1.165, 1.54) is 0 Å². The number of nitrogens with one attached hydrogen (secondary N) is 1. The number of aliphatic imine (C=N–C) groups is 1. The predicted octanol–water partition coefficient (Wildman–Crippen LogP) is -0.0321. The van der Waals surface area contributed by atoms with Gasteiger partial charge in [-0.25, -0.2) is 9.98 Å². The lowest BCUT2D eigenvalue weighted by molar-refractivity contribution is -0.120. The molecule has 1 N–H and O–H groups in total. The molecule has 1 amide bonds. The van der Waals surface area contributed by atoms with Gasteiger partial charge in [-0.3, -0.25) is 9.48 Å². The number of nitrogens with zero attached hydrogens (tertiary/aromatic N) is 7. The van der Waals surface area contributed by atoms with Crippen molar-refractivity contribution in [1.29, 1.82) is 0 Å². The maximum Gasteiger partial charge on any atom is 0.246 e. The Kier molecular flexibility index (Phi) is 5.01. The summed E-state index contributed by atoms with van der Waals surface area (Å²) in [6.45, 7) is 4.86. The van der Waals surface area contributed by atoms with Gasteiger partial charge in [0.15, 0.2) is 5.96 Å². The van der Waals surface area contributed by atoms with Gasteiger partial charge in [0.05, 0.1) is 11.9 Å². The minimum atomic E-state index is 0.0434. The minimum Gasteiger partial charge on any atom is -0.356 e. The summed E-state index contributed by atoms with van der Waals surface area (Å²) in [7, 11) is 3.79. The van der Waals surface area contributed by atoms with E-state index >= 15 is 0 Å². The van der Waals surface area contributed by atoms with Crippen LogP contribution in [0.5, 0.6) is 0 Å². The number of hydrogen-bond donors (Lipinski definition) is 1. The molecule has 1 aliphatic heterocycles. The third-order valence-corrected chi connectivity index (χ3v) is 4.15. The lowest BCUT2D eigenvalue weighted by atomic mass is 10.3. The van der Waals surface area contributed by atoms with E-state index in [0.29, 0.717) is 26.2 Å². The molecule has 1 aliphatic rings. The molecule has 1 saturated heterocycles. The van der Waals surface area contributed by atoms with Crippen molar-refractivity contribution in [3.8, 4) is 0 Å². The van der Waals surface area contributed by atoms with E-state index in [0.717, 1.165) is 24.0 Å². The van der Waals surface area contributed by atoms with Crippen LogP contribution in [0.1, 0.15) is 12.7 Å². The molecule has 3 heterocycles. The Morgan fingerprint density at radius 1 is 1.36 bits per heavy atom. The summed E-state index contributed by atoms with van der Waals surface area (Å²) in [5, 5.41) is 7.41. The Labute approximate surface area is 147 Å². The summed E-state index contributed by atoms with van der Waals surface area (Å²) < 4.78 is 3.64. The van der Waals surface area contributed by atoms with Crippen LogP contribution in [-0.2, 0) is 25.4 Å². The van der Waals surface area contributed by atoms with E-state index in [-0.39, 0.29) is 5.91 Å². The summed E-state index contributed by atoms with van der Waals surface area (Å²) in [5.41, 5.74) is 0.835. The number of aromatic nitrogens is 4. The lowest BCUT2D eigenvalue weighted by Crippen LogP contribution is -2.55. The Hall–Kier alpha value is -2.84. The smallest absolute Gasteiger partial charge is 0.246 e. The van der Waals surface area contributed by atoms with E-state index in [1.807, 2.05) is 42.9 Å². The molecule has 0 aliphatic carbocycles. The average Bonchev–Trinajstić information content (AvgIpc) is 3.20. The molecule has 0 aromatic carbocycles. The van der Waals surface area contributed by atoms with Crippen LogP contribution >= 0.6 is 0 Å². The zero-order valence-electron chi connectivity index (χ0n) is 14.9. The molecule has 0 saturated carbocycles. The van der Waals surface area contributed by atoms with Crippen LogP contribution in [0.3, 0.4) is 0 Å². The Morgan fingerprint density at radius 3 is 2.80 bits per heavy atom. The van der Waals surface area contributed by atoms with Gasteiger partial charge in [0.1, 0.15) is 18.9 Å². The van der Waals surface area contributed by atoms with Crippen molar-refractivity contribution in [3.63, 3.8) is 0 Å². The summed E-state index contributed by atoms with van der Waals surface area (Å²) in [6, 6.07) is 0. The van der Waals surface area contributed by atoms with Crippen LogP contribution < -0.4 is 10.2 Å². The first-order valence-corrected chi connectivity index (χ1v) is 8.37. The third kappa shape index (κ3) is 3.81. The first kappa shape index (κ1) is 17.0. The number of imidazole rings is 1. The second-order valence-corrected chi connectivity index (χ2v) is 5.96. The van der Waals surface area contributed by atoms with Crippen molar-refractivity contribution in [2.24, 2.45) is 19.1 Å². The average molecular weight is 344 g/mol. The van der Waals surface area contributed by atoms with Gasteiger partial charge in [0.25, 0.3) is 0 Å². The normalized spacial score (nSPS) is 15.8. The van der Waals surface area contributed by atoms with E-state index in [4.69, 9.17) is 0 Å². The summed E-state index contributed by atoms with van der Waals surface area (Å²) in [5.74, 6) is 1.67. The van der Waals surface area contributed by atoms with Crippen LogP contribution in [-0.4, -0.2) is 62.3 Å². The van der Waals surface area contributed by atoms with Crippen molar-refractivity contribution >= 4 is 17.6 Å². The highest BCUT2D eigenvalue weighted by Crippen LogP contribution is 2.16. The van der Waals surface area contributed by atoms with Gasteiger partial charge in [0.2, 0.25) is 5.91 Å². The molecule has 134 valence electrons. The molecule has 1 fully saturated rings. The number of amides is 1. The second kappa shape index (κ2) is 7.37. The summed E-state index contributed by atoms with van der Waals surface area (Å²) in [4.78, 5) is 25.2. The standard InChI is InChI=1S/C16H24N8O/c1-4-17-16(19-10-14-18-5-6-21(14)2)23-7-8-24(15(25)12-23)13-9-20-22(3)11-13/h5-6,9,11H,4,7-8,10,12H2,1-3H3,(H,17,19). The minimum absolute atomic E-state index is 0.0434.